The predicted octanol–water partition coefficient (Wildman–Crippen LogP) is 8.01. The van der Waals surface area contributed by atoms with Crippen LogP contribution in [0.3, 0.4) is 0 Å². The van der Waals surface area contributed by atoms with E-state index in [9.17, 15) is 0 Å². The van der Waals surface area contributed by atoms with Crippen molar-refractivity contribution >= 4 is 0 Å². The number of unbranched alkanes of at least 4 members (excludes halogenated alkanes) is 9. The van der Waals surface area contributed by atoms with E-state index in [-0.39, 0.29) is 6.10 Å². The van der Waals surface area contributed by atoms with Crippen LogP contribution in [0.25, 0.3) is 11.4 Å². The van der Waals surface area contributed by atoms with Gasteiger partial charge in [0.25, 0.3) is 0 Å². The molecule has 0 aliphatic heterocycles. The summed E-state index contributed by atoms with van der Waals surface area (Å²) in [5.74, 6) is 2.36. The number of aromatic nitrogens is 2. The lowest BCUT2D eigenvalue weighted by Crippen LogP contribution is -2.11. The number of nitrogens with zero attached hydrogens (tertiary/aromatic N) is 2. The summed E-state index contributed by atoms with van der Waals surface area (Å²) < 4.78 is 11.8. The van der Waals surface area contributed by atoms with E-state index in [2.05, 4.69) is 30.7 Å². The molecule has 1 aromatic carbocycles. The quantitative estimate of drug-likeness (QED) is 0.240. The third-order valence-electron chi connectivity index (χ3n) is 5.56. The Morgan fingerprint density at radius 1 is 0.710 bits per heavy atom. The Balaban J connectivity index is 1.70. The average molecular weight is 427 g/mol. The molecule has 0 amide bonds. The molecule has 4 heteroatoms. The molecule has 0 N–H and O–H groups in total. The predicted molar refractivity (Wildman–Crippen MR) is 130 cm³/mol. The molecule has 0 aliphatic carbocycles. The van der Waals surface area contributed by atoms with Crippen molar-refractivity contribution in [2.75, 3.05) is 6.61 Å². The van der Waals surface area contributed by atoms with E-state index in [1.54, 1.807) is 12.4 Å². The average Bonchev–Trinajstić information content (AvgIpc) is 2.79. The summed E-state index contributed by atoms with van der Waals surface area (Å²) in [6.45, 7) is 7.38. The van der Waals surface area contributed by atoms with Gasteiger partial charge in [-0.2, -0.15) is 0 Å². The first-order valence-electron chi connectivity index (χ1n) is 12.4. The number of hydrogen-bond donors (Lipinski definition) is 0. The van der Waals surface area contributed by atoms with Crippen LogP contribution in [0.2, 0.25) is 0 Å². The fraction of sp³-hybridized carbons (Fsp3) is 0.630. The molecule has 1 heterocycles. The van der Waals surface area contributed by atoms with Gasteiger partial charge >= 0.3 is 0 Å². The highest BCUT2D eigenvalue weighted by Crippen LogP contribution is 2.22. The smallest absolute Gasteiger partial charge is 0.159 e. The van der Waals surface area contributed by atoms with Crippen LogP contribution in [-0.2, 0) is 0 Å². The molecule has 0 radical (unpaired) electrons. The van der Waals surface area contributed by atoms with Crippen LogP contribution in [0.15, 0.2) is 36.7 Å². The second kappa shape index (κ2) is 15.7. The van der Waals surface area contributed by atoms with Gasteiger partial charge in [-0.05, 0) is 50.5 Å². The SMILES string of the molecule is CCCCCCCCOc1cnc(-c2ccc(O[C@@H](C)CCCCCCC)cc2)nc1. The molecule has 0 saturated heterocycles. The first-order chi connectivity index (χ1) is 15.2. The molecule has 172 valence electrons. The molecule has 4 nitrogen and oxygen atoms in total. The van der Waals surface area contributed by atoms with E-state index in [1.165, 1.54) is 64.2 Å². The molecular weight excluding hydrogens is 384 g/mol. The topological polar surface area (TPSA) is 44.2 Å². The highest BCUT2D eigenvalue weighted by atomic mass is 16.5. The van der Waals surface area contributed by atoms with Crippen molar-refractivity contribution < 1.29 is 9.47 Å². The molecule has 2 aromatic rings. The maximum Gasteiger partial charge on any atom is 0.159 e. The molecule has 1 atom stereocenters. The number of rotatable bonds is 17. The van der Waals surface area contributed by atoms with Gasteiger partial charge in [-0.1, -0.05) is 71.6 Å². The van der Waals surface area contributed by atoms with E-state index in [4.69, 9.17) is 9.47 Å². The number of hydrogen-bond acceptors (Lipinski definition) is 4. The summed E-state index contributed by atoms with van der Waals surface area (Å²) in [6.07, 6.45) is 18.9. The van der Waals surface area contributed by atoms with Crippen LogP contribution < -0.4 is 9.47 Å². The van der Waals surface area contributed by atoms with Gasteiger partial charge in [0.05, 0.1) is 25.1 Å². The van der Waals surface area contributed by atoms with Crippen LogP contribution in [-0.4, -0.2) is 22.7 Å². The van der Waals surface area contributed by atoms with Crippen molar-refractivity contribution in [2.45, 2.75) is 104 Å². The highest BCUT2D eigenvalue weighted by molar-refractivity contribution is 5.56. The van der Waals surface area contributed by atoms with Crippen LogP contribution in [0, 0.1) is 0 Å². The van der Waals surface area contributed by atoms with Crippen molar-refractivity contribution in [1.82, 2.24) is 9.97 Å². The first kappa shape index (κ1) is 25.2. The van der Waals surface area contributed by atoms with Gasteiger partial charge in [0.2, 0.25) is 0 Å². The van der Waals surface area contributed by atoms with Gasteiger partial charge in [0.15, 0.2) is 11.6 Å². The molecule has 0 saturated carbocycles. The standard InChI is InChI=1S/C27H42N2O2/c1-4-6-8-10-12-14-20-30-26-21-28-27(29-22-26)24-16-18-25(19-17-24)31-23(3)15-13-11-9-7-5-2/h16-19,21-23H,4-15,20H2,1-3H3/t23-/m0/s1. The fourth-order valence-electron chi connectivity index (χ4n) is 3.62. The lowest BCUT2D eigenvalue weighted by molar-refractivity contribution is 0.206. The van der Waals surface area contributed by atoms with Crippen molar-refractivity contribution in [1.29, 1.82) is 0 Å². The maximum atomic E-state index is 6.06. The summed E-state index contributed by atoms with van der Waals surface area (Å²) in [7, 11) is 0. The molecule has 31 heavy (non-hydrogen) atoms. The molecule has 2 rings (SSSR count). The minimum atomic E-state index is 0.242. The van der Waals surface area contributed by atoms with Gasteiger partial charge in [0.1, 0.15) is 5.75 Å². The van der Waals surface area contributed by atoms with Crippen LogP contribution in [0.1, 0.15) is 97.8 Å². The summed E-state index contributed by atoms with van der Waals surface area (Å²) in [4.78, 5) is 8.93. The monoisotopic (exact) mass is 426 g/mol. The number of benzene rings is 1. The van der Waals surface area contributed by atoms with Crippen molar-refractivity contribution in [3.63, 3.8) is 0 Å². The number of ether oxygens (including phenoxy) is 2. The summed E-state index contributed by atoms with van der Waals surface area (Å²) >= 11 is 0. The van der Waals surface area contributed by atoms with Gasteiger partial charge in [-0.3, -0.25) is 0 Å². The lowest BCUT2D eigenvalue weighted by atomic mass is 10.1. The Labute approximate surface area is 189 Å². The van der Waals surface area contributed by atoms with Gasteiger partial charge in [-0.15, -0.1) is 0 Å². The van der Waals surface area contributed by atoms with Crippen LogP contribution >= 0.6 is 0 Å². The molecular formula is C27H42N2O2. The van der Waals surface area contributed by atoms with E-state index < -0.39 is 0 Å². The van der Waals surface area contributed by atoms with E-state index in [1.807, 2.05) is 24.3 Å². The van der Waals surface area contributed by atoms with E-state index in [0.717, 1.165) is 36.5 Å². The van der Waals surface area contributed by atoms with Crippen LogP contribution in [0.4, 0.5) is 0 Å². The minimum absolute atomic E-state index is 0.242. The van der Waals surface area contributed by atoms with Crippen LogP contribution in [0.5, 0.6) is 11.5 Å². The molecule has 1 aromatic heterocycles. The van der Waals surface area contributed by atoms with Crippen molar-refractivity contribution in [2.24, 2.45) is 0 Å². The molecule has 0 spiro atoms. The van der Waals surface area contributed by atoms with Gasteiger partial charge < -0.3 is 9.47 Å². The molecule has 0 unspecified atom stereocenters. The lowest BCUT2D eigenvalue weighted by Gasteiger charge is -2.15. The summed E-state index contributed by atoms with van der Waals surface area (Å²) in [6, 6.07) is 8.06. The zero-order chi connectivity index (χ0) is 22.2. The second-order valence-corrected chi connectivity index (χ2v) is 8.51. The Morgan fingerprint density at radius 2 is 1.29 bits per heavy atom. The van der Waals surface area contributed by atoms with Crippen molar-refractivity contribution in [3.05, 3.63) is 36.7 Å². The second-order valence-electron chi connectivity index (χ2n) is 8.51. The normalized spacial score (nSPS) is 12.0. The van der Waals surface area contributed by atoms with E-state index in [0.29, 0.717) is 5.82 Å². The fourth-order valence-corrected chi connectivity index (χ4v) is 3.62. The third-order valence-corrected chi connectivity index (χ3v) is 5.56. The Morgan fingerprint density at radius 3 is 1.94 bits per heavy atom. The Kier molecular flexibility index (Phi) is 12.7. The first-order valence-corrected chi connectivity index (χ1v) is 12.4. The zero-order valence-corrected chi connectivity index (χ0v) is 19.9. The maximum absolute atomic E-state index is 6.06. The van der Waals surface area contributed by atoms with Gasteiger partial charge in [-0.25, -0.2) is 9.97 Å². The minimum Gasteiger partial charge on any atom is -0.491 e. The van der Waals surface area contributed by atoms with Crippen molar-refractivity contribution in [3.8, 4) is 22.9 Å². The Hall–Kier alpha value is -2.10. The zero-order valence-electron chi connectivity index (χ0n) is 19.9. The third kappa shape index (κ3) is 10.7. The summed E-state index contributed by atoms with van der Waals surface area (Å²) in [5.41, 5.74) is 0.988. The Bertz CT molecular complexity index is 685. The van der Waals surface area contributed by atoms with Gasteiger partial charge in [0, 0.05) is 5.56 Å². The molecule has 0 bridgehead atoms. The van der Waals surface area contributed by atoms with E-state index >= 15 is 0 Å². The summed E-state index contributed by atoms with van der Waals surface area (Å²) in [5, 5.41) is 0. The highest BCUT2D eigenvalue weighted by Gasteiger charge is 2.06. The molecule has 0 aliphatic rings. The largest absolute Gasteiger partial charge is 0.491 e. The molecule has 0 fully saturated rings.